The molecule has 5 nitrogen and oxygen atoms in total. The first-order valence-corrected chi connectivity index (χ1v) is 4.34. The number of rotatable bonds is 1. The molecule has 1 atom stereocenters. The molecule has 0 aliphatic carbocycles. The Morgan fingerprint density at radius 3 is 3.36 bits per heavy atom. The van der Waals surface area contributed by atoms with E-state index in [1.165, 1.54) is 0 Å². The van der Waals surface area contributed by atoms with Gasteiger partial charge in [-0.25, -0.2) is 9.78 Å². The highest BCUT2D eigenvalue weighted by atomic mass is 16.5. The Labute approximate surface area is 80.7 Å². The number of carboxylic acid groups (broad SMARTS) is 1. The molecule has 1 aliphatic heterocycles. The van der Waals surface area contributed by atoms with Crippen LogP contribution in [0, 0.1) is 0 Å². The predicted molar refractivity (Wildman–Crippen MR) is 48.3 cm³/mol. The van der Waals surface area contributed by atoms with E-state index in [2.05, 4.69) is 10.3 Å². The van der Waals surface area contributed by atoms with Crippen molar-refractivity contribution in [2.45, 2.75) is 12.5 Å². The number of ether oxygens (including phenoxy) is 1. The second kappa shape index (κ2) is 3.53. The molecule has 1 amide bonds. The molecule has 0 aromatic carbocycles. The lowest BCUT2D eigenvalue weighted by Gasteiger charge is -2.24. The minimum absolute atomic E-state index is 0.204. The Kier molecular flexibility index (Phi) is 2.22. The van der Waals surface area contributed by atoms with Gasteiger partial charge in [-0.3, -0.25) is 0 Å². The fraction of sp³-hybridized carbons (Fsp3) is 0.333. The van der Waals surface area contributed by atoms with Gasteiger partial charge in [-0.15, -0.1) is 0 Å². The highest BCUT2D eigenvalue weighted by molar-refractivity contribution is 5.65. The van der Waals surface area contributed by atoms with Crippen LogP contribution in [-0.4, -0.2) is 22.8 Å². The molecule has 0 radical (unpaired) electrons. The molecule has 1 aromatic heterocycles. The van der Waals surface area contributed by atoms with Crippen LogP contribution < -0.4 is 10.1 Å². The van der Waals surface area contributed by atoms with Crippen molar-refractivity contribution in [1.29, 1.82) is 0 Å². The Hall–Kier alpha value is -1.78. The van der Waals surface area contributed by atoms with E-state index in [4.69, 9.17) is 9.84 Å². The summed E-state index contributed by atoms with van der Waals surface area (Å²) in [6.45, 7) is 0.495. The van der Waals surface area contributed by atoms with Crippen LogP contribution in [0.4, 0.5) is 4.79 Å². The standard InChI is InChI=1S/C9H10N2O3/c12-9(13)11-7-3-5-14-8-6(7)2-1-4-10-8/h1-2,4,7,11H,3,5H2,(H,12,13). The van der Waals surface area contributed by atoms with Crippen LogP contribution in [0.5, 0.6) is 5.88 Å². The lowest BCUT2D eigenvalue weighted by molar-refractivity contribution is 0.181. The summed E-state index contributed by atoms with van der Waals surface area (Å²) in [4.78, 5) is 14.5. The van der Waals surface area contributed by atoms with Gasteiger partial charge in [-0.05, 0) is 6.07 Å². The maximum absolute atomic E-state index is 10.5. The third kappa shape index (κ3) is 1.61. The van der Waals surface area contributed by atoms with E-state index in [9.17, 15) is 4.79 Å². The van der Waals surface area contributed by atoms with Gasteiger partial charge in [0.25, 0.3) is 0 Å². The topological polar surface area (TPSA) is 71.5 Å². The van der Waals surface area contributed by atoms with Gasteiger partial charge in [0.15, 0.2) is 0 Å². The molecule has 0 bridgehead atoms. The highest BCUT2D eigenvalue weighted by Crippen LogP contribution is 2.29. The summed E-state index contributed by atoms with van der Waals surface area (Å²) in [5.74, 6) is 0.525. The molecule has 2 N–H and O–H groups in total. The third-order valence-corrected chi connectivity index (χ3v) is 2.12. The van der Waals surface area contributed by atoms with Crippen molar-refractivity contribution in [3.8, 4) is 5.88 Å². The smallest absolute Gasteiger partial charge is 0.405 e. The summed E-state index contributed by atoms with van der Waals surface area (Å²) in [5, 5.41) is 11.1. The molecule has 2 rings (SSSR count). The largest absolute Gasteiger partial charge is 0.477 e. The molecule has 74 valence electrons. The first kappa shape index (κ1) is 8.80. The number of carbonyl (C=O) groups is 1. The zero-order valence-electron chi connectivity index (χ0n) is 7.43. The van der Waals surface area contributed by atoms with E-state index in [1.54, 1.807) is 12.3 Å². The van der Waals surface area contributed by atoms with Crippen molar-refractivity contribution < 1.29 is 14.6 Å². The summed E-state index contributed by atoms with van der Waals surface area (Å²) in [6, 6.07) is 3.39. The Balaban J connectivity index is 2.26. The van der Waals surface area contributed by atoms with Gasteiger partial charge < -0.3 is 15.2 Å². The van der Waals surface area contributed by atoms with Crippen LogP contribution in [0.2, 0.25) is 0 Å². The zero-order chi connectivity index (χ0) is 9.97. The van der Waals surface area contributed by atoms with E-state index in [-0.39, 0.29) is 6.04 Å². The molecule has 0 saturated carbocycles. The van der Waals surface area contributed by atoms with Gasteiger partial charge in [0, 0.05) is 18.2 Å². The predicted octanol–water partition coefficient (Wildman–Crippen LogP) is 1.17. The number of hydrogen-bond acceptors (Lipinski definition) is 3. The SMILES string of the molecule is O=C(O)NC1CCOc2ncccc21. The quantitative estimate of drug-likeness (QED) is 0.704. The van der Waals surface area contributed by atoms with Gasteiger partial charge >= 0.3 is 6.09 Å². The van der Waals surface area contributed by atoms with Crippen LogP contribution in [0.25, 0.3) is 0 Å². The summed E-state index contributed by atoms with van der Waals surface area (Å²) in [5.41, 5.74) is 0.807. The molecule has 1 unspecified atom stereocenters. The van der Waals surface area contributed by atoms with Gasteiger partial charge in [0.2, 0.25) is 5.88 Å². The Morgan fingerprint density at radius 2 is 2.57 bits per heavy atom. The molecule has 1 aliphatic rings. The van der Waals surface area contributed by atoms with Gasteiger partial charge in [0.1, 0.15) is 0 Å². The number of pyridine rings is 1. The van der Waals surface area contributed by atoms with E-state index in [1.807, 2.05) is 6.07 Å². The van der Waals surface area contributed by atoms with Crippen molar-refractivity contribution >= 4 is 6.09 Å². The van der Waals surface area contributed by atoms with Gasteiger partial charge in [-0.2, -0.15) is 0 Å². The Morgan fingerprint density at radius 1 is 1.71 bits per heavy atom. The number of nitrogens with one attached hydrogen (secondary N) is 1. The molecular formula is C9H10N2O3. The van der Waals surface area contributed by atoms with E-state index < -0.39 is 6.09 Å². The highest BCUT2D eigenvalue weighted by Gasteiger charge is 2.23. The molecule has 1 aromatic rings. The second-order valence-corrected chi connectivity index (χ2v) is 3.04. The molecule has 2 heterocycles. The monoisotopic (exact) mass is 194 g/mol. The van der Waals surface area contributed by atoms with Crippen LogP contribution in [0.3, 0.4) is 0 Å². The van der Waals surface area contributed by atoms with Crippen molar-refractivity contribution in [2.75, 3.05) is 6.61 Å². The molecule has 0 fully saturated rings. The first-order chi connectivity index (χ1) is 6.77. The summed E-state index contributed by atoms with van der Waals surface area (Å²) >= 11 is 0. The number of hydrogen-bond donors (Lipinski definition) is 2. The summed E-state index contributed by atoms with van der Waals surface area (Å²) < 4.78 is 5.29. The second-order valence-electron chi connectivity index (χ2n) is 3.04. The molecule has 14 heavy (non-hydrogen) atoms. The van der Waals surface area contributed by atoms with Crippen molar-refractivity contribution in [3.63, 3.8) is 0 Å². The van der Waals surface area contributed by atoms with Crippen LogP contribution in [-0.2, 0) is 0 Å². The molecule has 0 spiro atoms. The van der Waals surface area contributed by atoms with Crippen molar-refractivity contribution in [3.05, 3.63) is 23.9 Å². The lowest BCUT2D eigenvalue weighted by Crippen LogP contribution is -2.31. The number of aromatic nitrogens is 1. The molecule has 0 saturated heterocycles. The van der Waals surface area contributed by atoms with Crippen molar-refractivity contribution in [1.82, 2.24) is 10.3 Å². The summed E-state index contributed by atoms with van der Waals surface area (Å²) in [7, 11) is 0. The van der Waals surface area contributed by atoms with Crippen LogP contribution >= 0.6 is 0 Å². The first-order valence-electron chi connectivity index (χ1n) is 4.34. The fourth-order valence-electron chi connectivity index (χ4n) is 1.52. The average molecular weight is 194 g/mol. The van der Waals surface area contributed by atoms with E-state index in [0.29, 0.717) is 18.9 Å². The fourth-order valence-corrected chi connectivity index (χ4v) is 1.52. The minimum atomic E-state index is -1.02. The number of nitrogens with zero attached hydrogens (tertiary/aromatic N) is 1. The minimum Gasteiger partial charge on any atom is -0.477 e. The van der Waals surface area contributed by atoms with E-state index >= 15 is 0 Å². The molecule has 5 heteroatoms. The number of fused-ring (bicyclic) bond motifs is 1. The van der Waals surface area contributed by atoms with Gasteiger partial charge in [0.05, 0.1) is 12.6 Å². The third-order valence-electron chi connectivity index (χ3n) is 2.12. The normalized spacial score (nSPS) is 19.3. The zero-order valence-corrected chi connectivity index (χ0v) is 7.43. The van der Waals surface area contributed by atoms with Crippen LogP contribution in [0.15, 0.2) is 18.3 Å². The Bertz CT molecular complexity index is 354. The maximum atomic E-state index is 10.5. The molecular weight excluding hydrogens is 184 g/mol. The van der Waals surface area contributed by atoms with E-state index in [0.717, 1.165) is 5.56 Å². The van der Waals surface area contributed by atoms with Crippen molar-refractivity contribution in [2.24, 2.45) is 0 Å². The lowest BCUT2D eigenvalue weighted by atomic mass is 10.0. The summed E-state index contributed by atoms with van der Waals surface area (Å²) in [6.07, 6.45) is 1.25. The average Bonchev–Trinajstić information content (AvgIpc) is 2.18. The number of amides is 1. The maximum Gasteiger partial charge on any atom is 0.405 e. The van der Waals surface area contributed by atoms with Gasteiger partial charge in [-0.1, -0.05) is 6.07 Å². The van der Waals surface area contributed by atoms with Crippen LogP contribution in [0.1, 0.15) is 18.0 Å².